The van der Waals surface area contributed by atoms with Gasteiger partial charge in [-0.15, -0.1) is 0 Å². The SMILES string of the molecule is C[C@H]1N[C@@]1(C)c1ccccc1. The van der Waals surface area contributed by atoms with Gasteiger partial charge in [-0.3, -0.25) is 0 Å². The van der Waals surface area contributed by atoms with Gasteiger partial charge in [-0.25, -0.2) is 0 Å². The van der Waals surface area contributed by atoms with Crippen molar-refractivity contribution in [1.29, 1.82) is 0 Å². The number of benzene rings is 1. The fourth-order valence-corrected chi connectivity index (χ4v) is 1.53. The van der Waals surface area contributed by atoms with E-state index >= 15 is 0 Å². The molecule has 0 unspecified atom stereocenters. The highest BCUT2D eigenvalue weighted by Gasteiger charge is 2.46. The van der Waals surface area contributed by atoms with Gasteiger partial charge < -0.3 is 5.32 Å². The van der Waals surface area contributed by atoms with Gasteiger partial charge in [0.25, 0.3) is 0 Å². The van der Waals surface area contributed by atoms with Crippen molar-refractivity contribution in [1.82, 2.24) is 5.32 Å². The Kier molecular flexibility index (Phi) is 1.30. The summed E-state index contributed by atoms with van der Waals surface area (Å²) < 4.78 is 0. The topological polar surface area (TPSA) is 21.9 Å². The van der Waals surface area contributed by atoms with Crippen LogP contribution in [0.1, 0.15) is 19.4 Å². The molecule has 1 aliphatic heterocycles. The van der Waals surface area contributed by atoms with E-state index in [1.54, 1.807) is 0 Å². The monoisotopic (exact) mass is 147 g/mol. The zero-order valence-corrected chi connectivity index (χ0v) is 6.96. The van der Waals surface area contributed by atoms with E-state index in [1.807, 2.05) is 0 Å². The molecule has 0 bridgehead atoms. The summed E-state index contributed by atoms with van der Waals surface area (Å²) in [7, 11) is 0. The minimum atomic E-state index is 0.251. The van der Waals surface area contributed by atoms with E-state index in [1.165, 1.54) is 5.56 Å². The highest BCUT2D eigenvalue weighted by atomic mass is 15.2. The Balaban J connectivity index is 2.32. The first-order valence-electron chi connectivity index (χ1n) is 4.07. The minimum absolute atomic E-state index is 0.251. The predicted molar refractivity (Wildman–Crippen MR) is 46.4 cm³/mol. The highest BCUT2D eigenvalue weighted by molar-refractivity contribution is 5.32. The van der Waals surface area contributed by atoms with Gasteiger partial charge in [0.05, 0.1) is 5.54 Å². The van der Waals surface area contributed by atoms with E-state index < -0.39 is 0 Å². The zero-order valence-electron chi connectivity index (χ0n) is 6.96. The van der Waals surface area contributed by atoms with Crippen LogP contribution in [-0.4, -0.2) is 6.04 Å². The first-order valence-corrected chi connectivity index (χ1v) is 4.07. The normalized spacial score (nSPS) is 35.3. The summed E-state index contributed by atoms with van der Waals surface area (Å²) >= 11 is 0. The second-order valence-electron chi connectivity index (χ2n) is 3.43. The Labute approximate surface area is 67.4 Å². The van der Waals surface area contributed by atoms with Gasteiger partial charge in [0.2, 0.25) is 0 Å². The molecular weight excluding hydrogens is 134 g/mol. The summed E-state index contributed by atoms with van der Waals surface area (Å²) in [5.41, 5.74) is 1.65. The molecule has 1 nitrogen and oxygen atoms in total. The van der Waals surface area contributed by atoms with E-state index in [0.717, 1.165) is 0 Å². The molecule has 1 heterocycles. The number of hydrogen-bond donors (Lipinski definition) is 1. The number of rotatable bonds is 1. The van der Waals surface area contributed by atoms with Crippen molar-refractivity contribution in [2.24, 2.45) is 0 Å². The summed E-state index contributed by atoms with van der Waals surface area (Å²) in [6, 6.07) is 11.2. The molecule has 1 N–H and O–H groups in total. The molecule has 1 fully saturated rings. The standard InChI is InChI=1S/C10H13N/c1-8-10(2,11-8)9-6-4-3-5-7-9/h3-8,11H,1-2H3/t8-,10-/m1/s1. The molecule has 0 radical (unpaired) electrons. The molecule has 0 aliphatic carbocycles. The Morgan fingerprint density at radius 3 is 2.27 bits per heavy atom. The lowest BCUT2D eigenvalue weighted by Crippen LogP contribution is -2.07. The quantitative estimate of drug-likeness (QED) is 0.602. The molecule has 0 spiro atoms. The third kappa shape index (κ3) is 0.962. The largest absolute Gasteiger partial charge is 0.302 e. The molecule has 58 valence electrons. The van der Waals surface area contributed by atoms with E-state index in [9.17, 15) is 0 Å². The smallest absolute Gasteiger partial charge is 0.0561 e. The lowest BCUT2D eigenvalue weighted by Gasteiger charge is -2.06. The molecule has 1 saturated heterocycles. The molecular formula is C10H13N. The molecule has 2 atom stereocenters. The second-order valence-corrected chi connectivity index (χ2v) is 3.43. The first kappa shape index (κ1) is 6.86. The van der Waals surface area contributed by atoms with Crippen LogP contribution >= 0.6 is 0 Å². The van der Waals surface area contributed by atoms with Gasteiger partial charge in [0.15, 0.2) is 0 Å². The van der Waals surface area contributed by atoms with Crippen LogP contribution in [0.25, 0.3) is 0 Å². The Morgan fingerprint density at radius 1 is 1.27 bits per heavy atom. The third-order valence-corrected chi connectivity index (χ3v) is 2.67. The Bertz CT molecular complexity index is 255. The van der Waals surface area contributed by atoms with Crippen molar-refractivity contribution in [2.75, 3.05) is 0 Å². The fraction of sp³-hybridized carbons (Fsp3) is 0.400. The summed E-state index contributed by atoms with van der Waals surface area (Å²) in [5.74, 6) is 0. The fourth-order valence-electron chi connectivity index (χ4n) is 1.53. The minimum Gasteiger partial charge on any atom is -0.302 e. The van der Waals surface area contributed by atoms with Gasteiger partial charge in [-0.1, -0.05) is 30.3 Å². The van der Waals surface area contributed by atoms with Crippen LogP contribution in [0.3, 0.4) is 0 Å². The lowest BCUT2D eigenvalue weighted by molar-refractivity contribution is 0.735. The molecule has 1 aliphatic rings. The average molecular weight is 147 g/mol. The summed E-state index contributed by atoms with van der Waals surface area (Å²) in [6.45, 7) is 4.46. The van der Waals surface area contributed by atoms with Crippen LogP contribution in [-0.2, 0) is 5.54 Å². The van der Waals surface area contributed by atoms with Gasteiger partial charge >= 0.3 is 0 Å². The molecule has 0 amide bonds. The second kappa shape index (κ2) is 2.08. The van der Waals surface area contributed by atoms with Crippen molar-refractivity contribution in [3.05, 3.63) is 35.9 Å². The van der Waals surface area contributed by atoms with Crippen LogP contribution < -0.4 is 5.32 Å². The molecule has 11 heavy (non-hydrogen) atoms. The van der Waals surface area contributed by atoms with E-state index in [4.69, 9.17) is 0 Å². The van der Waals surface area contributed by atoms with Crippen molar-refractivity contribution < 1.29 is 0 Å². The lowest BCUT2D eigenvalue weighted by atomic mass is 9.98. The van der Waals surface area contributed by atoms with Gasteiger partial charge in [-0.2, -0.15) is 0 Å². The average Bonchev–Trinajstić information content (AvgIpc) is 2.64. The molecule has 0 aromatic heterocycles. The van der Waals surface area contributed by atoms with Crippen molar-refractivity contribution >= 4 is 0 Å². The van der Waals surface area contributed by atoms with E-state index in [-0.39, 0.29) is 5.54 Å². The molecule has 1 aromatic carbocycles. The number of nitrogens with one attached hydrogen (secondary N) is 1. The maximum absolute atomic E-state index is 3.42. The van der Waals surface area contributed by atoms with Gasteiger partial charge in [-0.05, 0) is 19.4 Å². The maximum atomic E-state index is 3.42. The van der Waals surface area contributed by atoms with Crippen molar-refractivity contribution in [2.45, 2.75) is 25.4 Å². The predicted octanol–water partition coefficient (Wildman–Crippen LogP) is 1.89. The highest BCUT2D eigenvalue weighted by Crippen LogP contribution is 2.36. The third-order valence-electron chi connectivity index (χ3n) is 2.67. The molecule has 1 aromatic rings. The maximum Gasteiger partial charge on any atom is 0.0561 e. The van der Waals surface area contributed by atoms with Crippen LogP contribution in [0, 0.1) is 0 Å². The van der Waals surface area contributed by atoms with Crippen molar-refractivity contribution in [3.63, 3.8) is 0 Å². The van der Waals surface area contributed by atoms with Crippen LogP contribution in [0.15, 0.2) is 30.3 Å². The van der Waals surface area contributed by atoms with Gasteiger partial charge in [0, 0.05) is 6.04 Å². The summed E-state index contributed by atoms with van der Waals surface area (Å²) in [4.78, 5) is 0. The van der Waals surface area contributed by atoms with Crippen molar-refractivity contribution in [3.8, 4) is 0 Å². The van der Waals surface area contributed by atoms with E-state index in [2.05, 4.69) is 49.5 Å². The van der Waals surface area contributed by atoms with Crippen LogP contribution in [0.5, 0.6) is 0 Å². The summed E-state index contributed by atoms with van der Waals surface area (Å²) in [6.07, 6.45) is 0. The molecule has 2 rings (SSSR count). The van der Waals surface area contributed by atoms with E-state index in [0.29, 0.717) is 6.04 Å². The summed E-state index contributed by atoms with van der Waals surface area (Å²) in [5, 5.41) is 3.42. The van der Waals surface area contributed by atoms with Crippen LogP contribution in [0.2, 0.25) is 0 Å². The first-order chi connectivity index (χ1) is 5.23. The molecule has 1 heteroatoms. The molecule has 0 saturated carbocycles. The Hall–Kier alpha value is -0.820. The number of hydrogen-bond acceptors (Lipinski definition) is 1. The zero-order chi connectivity index (χ0) is 7.90. The Morgan fingerprint density at radius 2 is 1.82 bits per heavy atom. The van der Waals surface area contributed by atoms with Crippen LogP contribution in [0.4, 0.5) is 0 Å². The van der Waals surface area contributed by atoms with Gasteiger partial charge in [0.1, 0.15) is 0 Å².